The van der Waals surface area contributed by atoms with Gasteiger partial charge in [-0.3, -0.25) is 9.59 Å². The van der Waals surface area contributed by atoms with Crippen LogP contribution in [0.5, 0.6) is 0 Å². The van der Waals surface area contributed by atoms with Crippen molar-refractivity contribution in [3.05, 3.63) is 23.7 Å². The van der Waals surface area contributed by atoms with Crippen LogP contribution < -0.4 is 0 Å². The van der Waals surface area contributed by atoms with E-state index in [1.807, 2.05) is 6.92 Å². The van der Waals surface area contributed by atoms with Gasteiger partial charge in [-0.05, 0) is 19.4 Å². The number of carbonyl (C=O) groups is 2. The molecule has 0 N–H and O–H groups in total. The number of rotatable bonds is 5. The van der Waals surface area contributed by atoms with Gasteiger partial charge in [0.05, 0.1) is 12.7 Å². The third kappa shape index (κ3) is 3.62. The second-order valence-electron chi connectivity index (χ2n) is 3.75. The standard InChI is InChI=1S/C12H17NO4/c1-4-5-13(7-11(14)16-3)12(15)10-6-9(2)17-8-10/h6,8H,4-5,7H2,1-3H3. The van der Waals surface area contributed by atoms with Crippen molar-refractivity contribution in [2.24, 2.45) is 0 Å². The van der Waals surface area contributed by atoms with Crippen LogP contribution in [0.15, 0.2) is 16.7 Å². The Balaban J connectivity index is 2.76. The molecule has 0 bridgehead atoms. The van der Waals surface area contributed by atoms with Gasteiger partial charge in [-0.25, -0.2) is 0 Å². The first kappa shape index (κ1) is 13.3. The molecule has 1 amide bonds. The average Bonchev–Trinajstić information content (AvgIpc) is 2.74. The topological polar surface area (TPSA) is 59.8 Å². The molecule has 0 aromatic carbocycles. The number of hydrogen-bond donors (Lipinski definition) is 0. The summed E-state index contributed by atoms with van der Waals surface area (Å²) in [7, 11) is 1.30. The van der Waals surface area contributed by atoms with Crippen LogP contribution in [0.25, 0.3) is 0 Å². The second-order valence-corrected chi connectivity index (χ2v) is 3.75. The van der Waals surface area contributed by atoms with E-state index in [0.29, 0.717) is 17.9 Å². The van der Waals surface area contributed by atoms with Gasteiger partial charge in [-0.15, -0.1) is 0 Å². The molecular weight excluding hydrogens is 222 g/mol. The van der Waals surface area contributed by atoms with Crippen LogP contribution >= 0.6 is 0 Å². The molecule has 0 fully saturated rings. The van der Waals surface area contributed by atoms with E-state index in [9.17, 15) is 9.59 Å². The molecule has 0 saturated carbocycles. The van der Waals surface area contributed by atoms with Crippen LogP contribution in [-0.2, 0) is 9.53 Å². The lowest BCUT2D eigenvalue weighted by molar-refractivity contribution is -0.141. The quantitative estimate of drug-likeness (QED) is 0.732. The molecule has 0 saturated heterocycles. The van der Waals surface area contributed by atoms with E-state index in [-0.39, 0.29) is 12.5 Å². The molecule has 0 atom stereocenters. The van der Waals surface area contributed by atoms with Crippen molar-refractivity contribution in [2.75, 3.05) is 20.2 Å². The zero-order valence-corrected chi connectivity index (χ0v) is 10.4. The summed E-state index contributed by atoms with van der Waals surface area (Å²) in [5.74, 6) is 0.0315. The van der Waals surface area contributed by atoms with Gasteiger partial charge in [-0.1, -0.05) is 6.92 Å². The number of furan rings is 1. The lowest BCUT2D eigenvalue weighted by Gasteiger charge is -2.19. The average molecular weight is 239 g/mol. The van der Waals surface area contributed by atoms with Crippen molar-refractivity contribution in [3.8, 4) is 0 Å². The first-order chi connectivity index (χ1) is 8.08. The van der Waals surface area contributed by atoms with Crippen LogP contribution in [-0.4, -0.2) is 37.0 Å². The van der Waals surface area contributed by atoms with Crippen molar-refractivity contribution in [3.63, 3.8) is 0 Å². The third-order valence-electron chi connectivity index (χ3n) is 2.31. The Morgan fingerprint density at radius 2 is 2.18 bits per heavy atom. The number of ether oxygens (including phenoxy) is 1. The Kier molecular flexibility index (Phi) is 4.75. The first-order valence-electron chi connectivity index (χ1n) is 5.49. The zero-order chi connectivity index (χ0) is 12.8. The lowest BCUT2D eigenvalue weighted by Crippen LogP contribution is -2.36. The molecule has 0 unspecified atom stereocenters. The van der Waals surface area contributed by atoms with Crippen LogP contribution in [0.3, 0.4) is 0 Å². The molecule has 0 spiro atoms. The number of aryl methyl sites for hydroxylation is 1. The molecule has 5 heteroatoms. The molecule has 94 valence electrons. The zero-order valence-electron chi connectivity index (χ0n) is 10.4. The van der Waals surface area contributed by atoms with Crippen LogP contribution in [0, 0.1) is 6.92 Å². The highest BCUT2D eigenvalue weighted by atomic mass is 16.5. The molecule has 5 nitrogen and oxygen atoms in total. The van der Waals surface area contributed by atoms with Crippen molar-refractivity contribution in [1.29, 1.82) is 0 Å². The van der Waals surface area contributed by atoms with Crippen molar-refractivity contribution < 1.29 is 18.7 Å². The molecule has 0 aliphatic rings. The maximum absolute atomic E-state index is 12.1. The predicted molar refractivity (Wildman–Crippen MR) is 61.7 cm³/mol. The Morgan fingerprint density at radius 1 is 1.47 bits per heavy atom. The first-order valence-corrected chi connectivity index (χ1v) is 5.49. The van der Waals surface area contributed by atoms with Crippen molar-refractivity contribution >= 4 is 11.9 Å². The van der Waals surface area contributed by atoms with Gasteiger partial charge in [-0.2, -0.15) is 0 Å². The summed E-state index contributed by atoms with van der Waals surface area (Å²) in [6, 6.07) is 1.66. The van der Waals surface area contributed by atoms with Gasteiger partial charge < -0.3 is 14.1 Å². The summed E-state index contributed by atoms with van der Waals surface area (Å²) in [6.45, 7) is 4.19. The minimum atomic E-state index is -0.424. The molecule has 1 aromatic rings. The number of carbonyl (C=O) groups excluding carboxylic acids is 2. The van der Waals surface area contributed by atoms with E-state index in [0.717, 1.165) is 6.42 Å². The Hall–Kier alpha value is -1.78. The van der Waals surface area contributed by atoms with Crippen LogP contribution in [0.2, 0.25) is 0 Å². The fourth-order valence-corrected chi connectivity index (χ4v) is 1.48. The van der Waals surface area contributed by atoms with Gasteiger partial charge in [0.2, 0.25) is 0 Å². The minimum absolute atomic E-state index is 0.0343. The van der Waals surface area contributed by atoms with E-state index in [2.05, 4.69) is 4.74 Å². The molecule has 1 rings (SSSR count). The van der Waals surface area contributed by atoms with Gasteiger partial charge in [0.1, 0.15) is 18.6 Å². The van der Waals surface area contributed by atoms with Crippen LogP contribution in [0.1, 0.15) is 29.5 Å². The predicted octanol–water partition coefficient (Wildman–Crippen LogP) is 1.61. The highest BCUT2D eigenvalue weighted by Gasteiger charge is 2.19. The molecule has 0 radical (unpaired) electrons. The molecule has 1 heterocycles. The summed E-state index contributed by atoms with van der Waals surface area (Å²) in [5, 5.41) is 0. The van der Waals surface area contributed by atoms with Gasteiger partial charge in [0, 0.05) is 6.54 Å². The molecule has 0 aliphatic carbocycles. The third-order valence-corrected chi connectivity index (χ3v) is 2.31. The highest BCUT2D eigenvalue weighted by molar-refractivity contribution is 5.95. The van der Waals surface area contributed by atoms with E-state index in [1.54, 1.807) is 13.0 Å². The summed E-state index contributed by atoms with van der Waals surface area (Å²) >= 11 is 0. The maximum atomic E-state index is 12.1. The van der Waals surface area contributed by atoms with Crippen LogP contribution in [0.4, 0.5) is 0 Å². The van der Waals surface area contributed by atoms with E-state index >= 15 is 0 Å². The van der Waals surface area contributed by atoms with Crippen molar-refractivity contribution in [1.82, 2.24) is 4.90 Å². The lowest BCUT2D eigenvalue weighted by atomic mass is 10.2. The SMILES string of the molecule is CCCN(CC(=O)OC)C(=O)c1coc(C)c1. The fraction of sp³-hybridized carbons (Fsp3) is 0.500. The van der Waals surface area contributed by atoms with Gasteiger partial charge in [0.15, 0.2) is 0 Å². The van der Waals surface area contributed by atoms with E-state index < -0.39 is 5.97 Å². The van der Waals surface area contributed by atoms with E-state index in [1.165, 1.54) is 18.3 Å². The highest BCUT2D eigenvalue weighted by Crippen LogP contribution is 2.10. The number of methoxy groups -OCH3 is 1. The van der Waals surface area contributed by atoms with E-state index in [4.69, 9.17) is 4.42 Å². The number of nitrogens with zero attached hydrogens (tertiary/aromatic N) is 1. The summed E-state index contributed by atoms with van der Waals surface area (Å²) in [5.41, 5.74) is 0.458. The second kappa shape index (κ2) is 6.08. The largest absolute Gasteiger partial charge is 0.469 e. The van der Waals surface area contributed by atoms with Gasteiger partial charge in [0.25, 0.3) is 5.91 Å². The molecular formula is C12H17NO4. The molecule has 17 heavy (non-hydrogen) atoms. The summed E-state index contributed by atoms with van der Waals surface area (Å²) in [4.78, 5) is 24.7. The Morgan fingerprint density at radius 3 is 2.65 bits per heavy atom. The maximum Gasteiger partial charge on any atom is 0.325 e. The summed E-state index contributed by atoms with van der Waals surface area (Å²) < 4.78 is 9.64. The molecule has 0 aliphatic heterocycles. The minimum Gasteiger partial charge on any atom is -0.469 e. The number of hydrogen-bond acceptors (Lipinski definition) is 4. The molecule has 1 aromatic heterocycles. The Bertz CT molecular complexity index is 397. The fourth-order valence-electron chi connectivity index (χ4n) is 1.48. The van der Waals surface area contributed by atoms with Crippen molar-refractivity contribution in [2.45, 2.75) is 20.3 Å². The normalized spacial score (nSPS) is 10.1. The number of amides is 1. The van der Waals surface area contributed by atoms with Gasteiger partial charge >= 0.3 is 5.97 Å². The number of esters is 1. The Labute approximate surface area is 100 Å². The monoisotopic (exact) mass is 239 g/mol. The smallest absolute Gasteiger partial charge is 0.325 e. The summed E-state index contributed by atoms with van der Waals surface area (Å²) in [6.07, 6.45) is 2.18.